The number of rotatable bonds is 4. The molecule has 18 heavy (non-hydrogen) atoms. The van der Waals surface area contributed by atoms with Crippen LogP contribution in [0, 0.1) is 5.92 Å². The lowest BCUT2D eigenvalue weighted by atomic mass is 9.90. The first kappa shape index (κ1) is 13.5. The molecule has 102 valence electrons. The molecule has 2 heterocycles. The highest BCUT2D eigenvalue weighted by Crippen LogP contribution is 2.21. The van der Waals surface area contributed by atoms with Gasteiger partial charge in [0.1, 0.15) is 12.2 Å². The van der Waals surface area contributed by atoms with Gasteiger partial charge in [-0.1, -0.05) is 0 Å². The summed E-state index contributed by atoms with van der Waals surface area (Å²) in [4.78, 5) is 2.41. The molecule has 1 N–H and O–H groups in total. The van der Waals surface area contributed by atoms with Gasteiger partial charge in [0.25, 0.3) is 0 Å². The number of hydrogen-bond acceptors (Lipinski definition) is 4. The predicted molar refractivity (Wildman–Crippen MR) is 72.2 cm³/mol. The zero-order valence-electron chi connectivity index (χ0n) is 11.9. The minimum atomic E-state index is 0.257. The van der Waals surface area contributed by atoms with Crippen molar-refractivity contribution in [2.45, 2.75) is 38.8 Å². The standard InChI is InChI=1S/C13H25N5/c1-10(12-5-7-17(3)8-6-12)15-11(2)13-16-14-9-18(13)4/h9-12,15H,5-8H2,1-4H3. The lowest BCUT2D eigenvalue weighted by Gasteiger charge is -2.34. The normalized spacial score (nSPS) is 22.0. The van der Waals surface area contributed by atoms with Crippen molar-refractivity contribution in [2.75, 3.05) is 20.1 Å². The number of hydrogen-bond donors (Lipinski definition) is 1. The van der Waals surface area contributed by atoms with E-state index in [2.05, 4.69) is 41.3 Å². The van der Waals surface area contributed by atoms with Crippen molar-refractivity contribution in [1.82, 2.24) is 25.0 Å². The molecule has 1 aliphatic heterocycles. The monoisotopic (exact) mass is 251 g/mol. The fourth-order valence-corrected chi connectivity index (χ4v) is 2.82. The van der Waals surface area contributed by atoms with Crippen molar-refractivity contribution in [3.05, 3.63) is 12.2 Å². The van der Waals surface area contributed by atoms with E-state index in [0.717, 1.165) is 11.7 Å². The molecule has 1 aromatic heterocycles. The Morgan fingerprint density at radius 1 is 1.28 bits per heavy atom. The molecule has 2 unspecified atom stereocenters. The van der Waals surface area contributed by atoms with Crippen LogP contribution < -0.4 is 5.32 Å². The average molecular weight is 251 g/mol. The minimum absolute atomic E-state index is 0.257. The third kappa shape index (κ3) is 3.09. The lowest BCUT2D eigenvalue weighted by molar-refractivity contribution is 0.184. The van der Waals surface area contributed by atoms with Crippen LogP contribution in [0.25, 0.3) is 0 Å². The van der Waals surface area contributed by atoms with E-state index >= 15 is 0 Å². The zero-order valence-corrected chi connectivity index (χ0v) is 11.9. The van der Waals surface area contributed by atoms with Crippen LogP contribution in [0.3, 0.4) is 0 Å². The first-order valence-electron chi connectivity index (χ1n) is 6.86. The number of likely N-dealkylation sites (tertiary alicyclic amines) is 1. The maximum Gasteiger partial charge on any atom is 0.149 e. The molecule has 1 aromatic rings. The molecule has 0 aromatic carbocycles. The Hall–Kier alpha value is -0.940. The SMILES string of the molecule is CC(NC(C)C1CCN(C)CC1)c1nncn1C. The third-order valence-electron chi connectivity index (χ3n) is 4.12. The summed E-state index contributed by atoms with van der Waals surface area (Å²) in [5.74, 6) is 1.78. The summed E-state index contributed by atoms with van der Waals surface area (Å²) in [6.07, 6.45) is 4.33. The first-order chi connectivity index (χ1) is 8.58. The highest BCUT2D eigenvalue weighted by Gasteiger charge is 2.24. The van der Waals surface area contributed by atoms with Crippen LogP contribution in [0.4, 0.5) is 0 Å². The highest BCUT2D eigenvalue weighted by atomic mass is 15.3. The molecule has 1 saturated heterocycles. The molecule has 1 fully saturated rings. The maximum atomic E-state index is 4.17. The summed E-state index contributed by atoms with van der Waals surface area (Å²) in [6, 6.07) is 0.789. The van der Waals surface area contributed by atoms with Crippen LogP contribution in [0.2, 0.25) is 0 Å². The van der Waals surface area contributed by atoms with Crippen molar-refractivity contribution in [3.8, 4) is 0 Å². The fraction of sp³-hybridized carbons (Fsp3) is 0.846. The zero-order chi connectivity index (χ0) is 13.1. The minimum Gasteiger partial charge on any atom is -0.319 e. The second kappa shape index (κ2) is 5.80. The Labute approximate surface area is 110 Å². The summed E-state index contributed by atoms with van der Waals surface area (Å²) in [7, 11) is 4.20. The fourth-order valence-electron chi connectivity index (χ4n) is 2.82. The molecule has 0 radical (unpaired) electrons. The second-order valence-corrected chi connectivity index (χ2v) is 5.62. The Kier molecular flexibility index (Phi) is 4.35. The number of aryl methyl sites for hydroxylation is 1. The molecule has 5 nitrogen and oxygen atoms in total. The van der Waals surface area contributed by atoms with Gasteiger partial charge in [0, 0.05) is 13.1 Å². The van der Waals surface area contributed by atoms with E-state index in [0.29, 0.717) is 6.04 Å². The maximum absolute atomic E-state index is 4.17. The van der Waals surface area contributed by atoms with Crippen molar-refractivity contribution < 1.29 is 0 Å². The second-order valence-electron chi connectivity index (χ2n) is 5.62. The predicted octanol–water partition coefficient (Wildman–Crippen LogP) is 1.20. The van der Waals surface area contributed by atoms with E-state index < -0.39 is 0 Å². The molecular formula is C13H25N5. The molecule has 2 rings (SSSR count). The Balaban J connectivity index is 1.87. The van der Waals surface area contributed by atoms with Crippen LogP contribution >= 0.6 is 0 Å². The van der Waals surface area contributed by atoms with E-state index in [1.54, 1.807) is 6.33 Å². The summed E-state index contributed by atoms with van der Waals surface area (Å²) < 4.78 is 1.99. The summed E-state index contributed by atoms with van der Waals surface area (Å²) >= 11 is 0. The van der Waals surface area contributed by atoms with Gasteiger partial charge < -0.3 is 14.8 Å². The van der Waals surface area contributed by atoms with Gasteiger partial charge in [0.2, 0.25) is 0 Å². The quantitative estimate of drug-likeness (QED) is 0.873. The van der Waals surface area contributed by atoms with Gasteiger partial charge >= 0.3 is 0 Å². The van der Waals surface area contributed by atoms with Crippen LogP contribution in [0.5, 0.6) is 0 Å². The lowest BCUT2D eigenvalue weighted by Crippen LogP contribution is -2.41. The number of aromatic nitrogens is 3. The van der Waals surface area contributed by atoms with E-state index in [4.69, 9.17) is 0 Å². The Bertz CT molecular complexity index is 367. The highest BCUT2D eigenvalue weighted by molar-refractivity contribution is 4.93. The van der Waals surface area contributed by atoms with Crippen molar-refractivity contribution in [1.29, 1.82) is 0 Å². The summed E-state index contributed by atoms with van der Waals surface area (Å²) in [5.41, 5.74) is 0. The molecule has 2 atom stereocenters. The molecular weight excluding hydrogens is 226 g/mol. The van der Waals surface area contributed by atoms with Crippen LogP contribution in [-0.2, 0) is 7.05 Å². The molecule has 0 bridgehead atoms. The van der Waals surface area contributed by atoms with Crippen molar-refractivity contribution in [3.63, 3.8) is 0 Å². The summed E-state index contributed by atoms with van der Waals surface area (Å²) in [5, 5.41) is 11.8. The van der Waals surface area contributed by atoms with E-state index in [-0.39, 0.29) is 6.04 Å². The number of piperidine rings is 1. The van der Waals surface area contributed by atoms with Gasteiger partial charge in [0.15, 0.2) is 0 Å². The van der Waals surface area contributed by atoms with Gasteiger partial charge in [-0.25, -0.2) is 0 Å². The van der Waals surface area contributed by atoms with Crippen LogP contribution in [-0.4, -0.2) is 45.8 Å². The van der Waals surface area contributed by atoms with Crippen molar-refractivity contribution in [2.24, 2.45) is 13.0 Å². The van der Waals surface area contributed by atoms with Gasteiger partial charge in [0.05, 0.1) is 6.04 Å². The molecule has 0 amide bonds. The number of nitrogens with zero attached hydrogens (tertiary/aromatic N) is 4. The summed E-state index contributed by atoms with van der Waals surface area (Å²) in [6.45, 7) is 6.89. The molecule has 5 heteroatoms. The van der Waals surface area contributed by atoms with E-state index in [1.807, 2.05) is 11.6 Å². The molecule has 0 spiro atoms. The van der Waals surface area contributed by atoms with Gasteiger partial charge in [-0.3, -0.25) is 0 Å². The topological polar surface area (TPSA) is 46.0 Å². The van der Waals surface area contributed by atoms with E-state index in [9.17, 15) is 0 Å². The smallest absolute Gasteiger partial charge is 0.149 e. The Morgan fingerprint density at radius 2 is 1.94 bits per heavy atom. The first-order valence-corrected chi connectivity index (χ1v) is 6.86. The van der Waals surface area contributed by atoms with Crippen molar-refractivity contribution >= 4 is 0 Å². The third-order valence-corrected chi connectivity index (χ3v) is 4.12. The van der Waals surface area contributed by atoms with Crippen LogP contribution in [0.1, 0.15) is 38.6 Å². The van der Waals surface area contributed by atoms with Gasteiger partial charge in [-0.05, 0) is 52.7 Å². The Morgan fingerprint density at radius 3 is 2.50 bits per heavy atom. The molecule has 1 aliphatic rings. The molecule has 0 saturated carbocycles. The van der Waals surface area contributed by atoms with Gasteiger partial charge in [-0.15, -0.1) is 10.2 Å². The largest absolute Gasteiger partial charge is 0.319 e. The van der Waals surface area contributed by atoms with Crippen LogP contribution in [0.15, 0.2) is 6.33 Å². The molecule has 0 aliphatic carbocycles. The number of nitrogens with one attached hydrogen (secondary N) is 1. The van der Waals surface area contributed by atoms with Gasteiger partial charge in [-0.2, -0.15) is 0 Å². The van der Waals surface area contributed by atoms with E-state index in [1.165, 1.54) is 25.9 Å². The average Bonchev–Trinajstić information content (AvgIpc) is 2.76.